The van der Waals surface area contributed by atoms with Crippen molar-refractivity contribution in [3.63, 3.8) is 0 Å². The van der Waals surface area contributed by atoms with Crippen LogP contribution in [0.1, 0.15) is 22.4 Å². The Morgan fingerprint density at radius 1 is 1.53 bits per heavy atom. The zero-order valence-corrected chi connectivity index (χ0v) is 11.2. The number of rotatable bonds is 5. The molecule has 0 aliphatic carbocycles. The largest absolute Gasteiger partial charge is 0.476 e. The van der Waals surface area contributed by atoms with Crippen molar-refractivity contribution >= 4 is 23.0 Å². The highest BCUT2D eigenvalue weighted by Gasteiger charge is 2.12. The fourth-order valence-corrected chi connectivity index (χ4v) is 2.38. The second-order valence-corrected chi connectivity index (χ2v) is 4.80. The molecule has 1 heterocycles. The van der Waals surface area contributed by atoms with Gasteiger partial charge in [0.2, 0.25) is 5.01 Å². The fraction of sp³-hybridized carbons (Fsp3) is 0.231. The minimum Gasteiger partial charge on any atom is -0.476 e. The molecule has 0 saturated carbocycles. The van der Waals surface area contributed by atoms with Gasteiger partial charge in [-0.1, -0.05) is 6.07 Å². The summed E-state index contributed by atoms with van der Waals surface area (Å²) >= 11 is 1.10. The lowest BCUT2D eigenvalue weighted by atomic mass is 10.2. The monoisotopic (exact) mass is 280 g/mol. The normalized spacial score (nSPS) is 10.4. The summed E-state index contributed by atoms with van der Waals surface area (Å²) in [6.45, 7) is 3.10. The molecule has 0 fully saturated rings. The molecule has 2 aromatic rings. The first-order valence-corrected chi connectivity index (χ1v) is 6.66. The number of anilines is 1. The fourth-order valence-electron chi connectivity index (χ4n) is 1.73. The first kappa shape index (κ1) is 13.5. The average Bonchev–Trinajstić information content (AvgIpc) is 2.84. The second kappa shape index (κ2) is 5.79. The number of halogens is 1. The Labute approximate surface area is 114 Å². The molecular formula is C13H13FN2O2S. The van der Waals surface area contributed by atoms with Crippen molar-refractivity contribution in [1.82, 2.24) is 4.98 Å². The molecule has 0 saturated heterocycles. The molecule has 4 nitrogen and oxygen atoms in total. The van der Waals surface area contributed by atoms with E-state index in [4.69, 9.17) is 5.11 Å². The summed E-state index contributed by atoms with van der Waals surface area (Å²) in [5.74, 6) is -1.31. The number of nitrogens with zero attached hydrogens (tertiary/aromatic N) is 2. The molecule has 0 aliphatic heterocycles. The minimum absolute atomic E-state index is 0.0743. The van der Waals surface area contributed by atoms with Crippen LogP contribution in [-0.2, 0) is 6.54 Å². The van der Waals surface area contributed by atoms with Crippen molar-refractivity contribution in [2.75, 3.05) is 11.4 Å². The van der Waals surface area contributed by atoms with Crippen molar-refractivity contribution in [1.29, 1.82) is 0 Å². The zero-order chi connectivity index (χ0) is 13.8. The molecule has 0 bridgehead atoms. The van der Waals surface area contributed by atoms with Crippen LogP contribution >= 0.6 is 11.3 Å². The van der Waals surface area contributed by atoms with Gasteiger partial charge in [-0.25, -0.2) is 14.2 Å². The number of carboxylic acid groups (broad SMARTS) is 1. The number of aromatic carboxylic acids is 1. The van der Waals surface area contributed by atoms with Crippen LogP contribution in [0.15, 0.2) is 29.6 Å². The van der Waals surface area contributed by atoms with Crippen LogP contribution in [0.3, 0.4) is 0 Å². The lowest BCUT2D eigenvalue weighted by Crippen LogP contribution is -2.22. The van der Waals surface area contributed by atoms with Gasteiger partial charge in [0, 0.05) is 17.6 Å². The maximum atomic E-state index is 13.2. The molecule has 100 valence electrons. The maximum absolute atomic E-state index is 13.2. The predicted molar refractivity (Wildman–Crippen MR) is 72.2 cm³/mol. The second-order valence-electron chi connectivity index (χ2n) is 3.94. The summed E-state index contributed by atoms with van der Waals surface area (Å²) in [5.41, 5.74) is 1.43. The van der Waals surface area contributed by atoms with E-state index in [-0.39, 0.29) is 10.8 Å². The molecule has 0 aliphatic rings. The predicted octanol–water partition coefficient (Wildman–Crippen LogP) is 3.01. The van der Waals surface area contributed by atoms with Gasteiger partial charge in [0.05, 0.1) is 12.2 Å². The van der Waals surface area contributed by atoms with Crippen molar-refractivity contribution in [2.45, 2.75) is 13.5 Å². The van der Waals surface area contributed by atoms with E-state index >= 15 is 0 Å². The third-order valence-electron chi connectivity index (χ3n) is 2.64. The van der Waals surface area contributed by atoms with Gasteiger partial charge in [0.1, 0.15) is 5.82 Å². The number of hydrogen-bond acceptors (Lipinski definition) is 4. The van der Waals surface area contributed by atoms with E-state index in [0.29, 0.717) is 18.8 Å². The van der Waals surface area contributed by atoms with Crippen LogP contribution in [0.4, 0.5) is 10.1 Å². The van der Waals surface area contributed by atoms with E-state index in [9.17, 15) is 9.18 Å². The number of carboxylic acids is 1. The summed E-state index contributed by atoms with van der Waals surface area (Å²) in [6, 6.07) is 6.31. The summed E-state index contributed by atoms with van der Waals surface area (Å²) in [5, 5.41) is 10.6. The van der Waals surface area contributed by atoms with E-state index < -0.39 is 5.97 Å². The van der Waals surface area contributed by atoms with Crippen LogP contribution in [0.5, 0.6) is 0 Å². The van der Waals surface area contributed by atoms with Crippen LogP contribution in [-0.4, -0.2) is 22.6 Å². The summed E-state index contributed by atoms with van der Waals surface area (Å²) < 4.78 is 13.2. The van der Waals surface area contributed by atoms with Gasteiger partial charge in [-0.2, -0.15) is 0 Å². The number of hydrogen-bond donors (Lipinski definition) is 1. The van der Waals surface area contributed by atoms with Crippen molar-refractivity contribution in [2.24, 2.45) is 0 Å². The Hall–Kier alpha value is -1.95. The highest BCUT2D eigenvalue weighted by Crippen LogP contribution is 2.19. The summed E-state index contributed by atoms with van der Waals surface area (Å²) in [6.07, 6.45) is 0. The van der Waals surface area contributed by atoms with Gasteiger partial charge in [-0.05, 0) is 25.1 Å². The Morgan fingerprint density at radius 2 is 2.32 bits per heavy atom. The Balaban J connectivity index is 2.16. The maximum Gasteiger partial charge on any atom is 0.365 e. The third kappa shape index (κ3) is 3.29. The number of thiazole rings is 1. The molecule has 1 N–H and O–H groups in total. The highest BCUT2D eigenvalue weighted by molar-refractivity contribution is 7.11. The molecule has 19 heavy (non-hydrogen) atoms. The van der Waals surface area contributed by atoms with Crippen LogP contribution in [0, 0.1) is 5.82 Å². The molecule has 0 amide bonds. The van der Waals surface area contributed by atoms with Gasteiger partial charge in [0.25, 0.3) is 0 Å². The molecule has 0 unspecified atom stereocenters. The molecule has 2 rings (SSSR count). The lowest BCUT2D eigenvalue weighted by Gasteiger charge is -2.22. The number of aromatic nitrogens is 1. The topological polar surface area (TPSA) is 53.4 Å². The van der Waals surface area contributed by atoms with Crippen molar-refractivity contribution in [3.05, 3.63) is 46.2 Å². The molecule has 1 aromatic heterocycles. The van der Waals surface area contributed by atoms with E-state index in [1.165, 1.54) is 12.1 Å². The number of carbonyl (C=O) groups is 1. The van der Waals surface area contributed by atoms with Crippen LogP contribution in [0.2, 0.25) is 0 Å². The van der Waals surface area contributed by atoms with Gasteiger partial charge in [-0.15, -0.1) is 11.3 Å². The van der Waals surface area contributed by atoms with Gasteiger partial charge >= 0.3 is 5.97 Å². The molecule has 0 spiro atoms. The van der Waals surface area contributed by atoms with Gasteiger partial charge in [0.15, 0.2) is 0 Å². The molecule has 6 heteroatoms. The summed E-state index contributed by atoms with van der Waals surface area (Å²) in [4.78, 5) is 16.7. The Bertz CT molecular complexity index is 586. The SMILES string of the molecule is CCN(Cc1csc(C(=O)O)n1)c1cccc(F)c1. The van der Waals surface area contributed by atoms with Crippen molar-refractivity contribution < 1.29 is 14.3 Å². The van der Waals surface area contributed by atoms with Crippen molar-refractivity contribution in [3.8, 4) is 0 Å². The smallest absolute Gasteiger partial charge is 0.365 e. The van der Waals surface area contributed by atoms with Crippen LogP contribution < -0.4 is 4.90 Å². The molecule has 1 aromatic carbocycles. The van der Waals surface area contributed by atoms with E-state index in [1.807, 2.05) is 17.9 Å². The first-order chi connectivity index (χ1) is 9.10. The molecule has 0 atom stereocenters. The van der Waals surface area contributed by atoms with E-state index in [1.54, 1.807) is 11.4 Å². The summed E-state index contributed by atoms with van der Waals surface area (Å²) in [7, 11) is 0. The van der Waals surface area contributed by atoms with E-state index in [0.717, 1.165) is 17.0 Å². The van der Waals surface area contributed by atoms with Gasteiger partial charge in [-0.3, -0.25) is 0 Å². The molecule has 0 radical (unpaired) electrons. The molecular weight excluding hydrogens is 267 g/mol. The standard InChI is InChI=1S/C13H13FN2O2S/c1-2-16(11-5-3-4-9(14)6-11)7-10-8-19-12(15-10)13(17)18/h3-6,8H,2,7H2,1H3,(H,17,18). The highest BCUT2D eigenvalue weighted by atomic mass is 32.1. The average molecular weight is 280 g/mol. The van der Waals surface area contributed by atoms with Crippen LogP contribution in [0.25, 0.3) is 0 Å². The first-order valence-electron chi connectivity index (χ1n) is 5.78. The quantitative estimate of drug-likeness (QED) is 0.914. The van der Waals surface area contributed by atoms with E-state index in [2.05, 4.69) is 4.98 Å². The third-order valence-corrected chi connectivity index (χ3v) is 3.52. The Morgan fingerprint density at radius 3 is 2.89 bits per heavy atom. The number of benzene rings is 1. The zero-order valence-electron chi connectivity index (χ0n) is 10.3. The Kier molecular flexibility index (Phi) is 4.11. The lowest BCUT2D eigenvalue weighted by molar-refractivity contribution is 0.0696. The van der Waals surface area contributed by atoms with Gasteiger partial charge < -0.3 is 10.0 Å². The minimum atomic E-state index is -1.02.